The Morgan fingerprint density at radius 1 is 1.32 bits per heavy atom. The average Bonchev–Trinajstić information content (AvgIpc) is 3.07. The summed E-state index contributed by atoms with van der Waals surface area (Å²) >= 11 is 0. The summed E-state index contributed by atoms with van der Waals surface area (Å²) in [7, 11) is 0. The Hall–Kier alpha value is -2.21. The molecule has 1 amide bonds. The van der Waals surface area contributed by atoms with Gasteiger partial charge in [-0.15, -0.1) is 5.10 Å². The van der Waals surface area contributed by atoms with Gasteiger partial charge in [-0.25, -0.2) is 4.68 Å². The lowest BCUT2D eigenvalue weighted by Gasteiger charge is -2.22. The Balaban J connectivity index is 1.78. The molecule has 0 aliphatic carbocycles. The lowest BCUT2D eigenvalue weighted by molar-refractivity contribution is 0.0983. The van der Waals surface area contributed by atoms with E-state index < -0.39 is 0 Å². The molecule has 1 fully saturated rings. The van der Waals surface area contributed by atoms with E-state index in [4.69, 9.17) is 0 Å². The second-order valence-electron chi connectivity index (χ2n) is 5.45. The van der Waals surface area contributed by atoms with E-state index in [0.717, 1.165) is 31.6 Å². The average molecular weight is 299 g/mol. The van der Waals surface area contributed by atoms with E-state index >= 15 is 0 Å². The van der Waals surface area contributed by atoms with Crippen LogP contribution in [0.15, 0.2) is 36.5 Å². The number of amides is 1. The molecule has 0 bridgehead atoms. The number of piperidine rings is 1. The van der Waals surface area contributed by atoms with Gasteiger partial charge in [-0.2, -0.15) is 0 Å². The van der Waals surface area contributed by atoms with Crippen molar-refractivity contribution in [2.45, 2.75) is 25.8 Å². The molecule has 0 radical (unpaired) electrons. The molecule has 1 N–H and O–H groups in total. The molecule has 2 aromatic rings. The zero-order valence-electron chi connectivity index (χ0n) is 12.8. The molecule has 0 unspecified atom stereocenters. The van der Waals surface area contributed by atoms with Gasteiger partial charge in [0.25, 0.3) is 5.91 Å². The van der Waals surface area contributed by atoms with Crippen LogP contribution in [0.1, 0.15) is 36.3 Å². The summed E-state index contributed by atoms with van der Waals surface area (Å²) in [4.78, 5) is 14.4. The van der Waals surface area contributed by atoms with Gasteiger partial charge in [-0.3, -0.25) is 4.79 Å². The van der Waals surface area contributed by atoms with Crippen molar-refractivity contribution >= 4 is 11.6 Å². The smallest absolute Gasteiger partial charge is 0.280 e. The van der Waals surface area contributed by atoms with Crippen LogP contribution in [0.4, 0.5) is 5.69 Å². The molecular formula is C16H21N5O. The van der Waals surface area contributed by atoms with Gasteiger partial charge in [-0.05, 0) is 45.0 Å². The Bertz CT molecular complexity index is 618. The minimum absolute atomic E-state index is 0.103. The second kappa shape index (κ2) is 6.70. The number of benzene rings is 1. The minimum Gasteiger partial charge on any atom is -0.317 e. The molecule has 1 aliphatic rings. The van der Waals surface area contributed by atoms with Crippen molar-refractivity contribution in [1.29, 1.82) is 0 Å². The first-order valence-electron chi connectivity index (χ1n) is 7.79. The van der Waals surface area contributed by atoms with E-state index in [1.807, 2.05) is 41.9 Å². The van der Waals surface area contributed by atoms with E-state index in [2.05, 4.69) is 15.6 Å². The number of hydrogen-bond acceptors (Lipinski definition) is 4. The van der Waals surface area contributed by atoms with E-state index in [1.54, 1.807) is 11.1 Å². The molecule has 0 atom stereocenters. The molecule has 22 heavy (non-hydrogen) atoms. The molecule has 1 saturated heterocycles. The highest BCUT2D eigenvalue weighted by Crippen LogP contribution is 2.19. The predicted octanol–water partition coefficient (Wildman–Crippen LogP) is 1.87. The summed E-state index contributed by atoms with van der Waals surface area (Å²) in [6, 6.07) is 9.99. The van der Waals surface area contributed by atoms with Gasteiger partial charge < -0.3 is 10.2 Å². The van der Waals surface area contributed by atoms with Crippen LogP contribution in [-0.4, -0.2) is 40.5 Å². The van der Waals surface area contributed by atoms with Gasteiger partial charge in [0, 0.05) is 12.2 Å². The third kappa shape index (κ3) is 3.01. The normalized spacial score (nSPS) is 15.7. The summed E-state index contributed by atoms with van der Waals surface area (Å²) < 4.78 is 1.84. The highest BCUT2D eigenvalue weighted by Gasteiger charge is 2.22. The van der Waals surface area contributed by atoms with Crippen molar-refractivity contribution in [2.24, 2.45) is 0 Å². The van der Waals surface area contributed by atoms with E-state index in [0.29, 0.717) is 18.3 Å². The molecule has 1 aromatic carbocycles. The van der Waals surface area contributed by atoms with Crippen molar-refractivity contribution < 1.29 is 4.79 Å². The van der Waals surface area contributed by atoms with Crippen molar-refractivity contribution in [3.05, 3.63) is 42.2 Å². The van der Waals surface area contributed by atoms with Crippen molar-refractivity contribution in [3.8, 4) is 0 Å². The molecular weight excluding hydrogens is 278 g/mol. The maximum Gasteiger partial charge on any atom is 0.280 e. The molecule has 2 heterocycles. The Morgan fingerprint density at radius 2 is 2.05 bits per heavy atom. The highest BCUT2D eigenvalue weighted by atomic mass is 16.2. The fraction of sp³-hybridized carbons (Fsp3) is 0.438. The highest BCUT2D eigenvalue weighted by molar-refractivity contribution is 6.04. The number of carbonyl (C=O) groups is 1. The summed E-state index contributed by atoms with van der Waals surface area (Å²) in [6.07, 6.45) is 3.82. The van der Waals surface area contributed by atoms with Gasteiger partial charge in [0.2, 0.25) is 0 Å². The third-order valence-electron chi connectivity index (χ3n) is 4.04. The van der Waals surface area contributed by atoms with Gasteiger partial charge in [-0.1, -0.05) is 23.4 Å². The third-order valence-corrected chi connectivity index (χ3v) is 4.04. The number of rotatable bonds is 4. The van der Waals surface area contributed by atoms with Crippen molar-refractivity contribution in [1.82, 2.24) is 20.3 Å². The zero-order valence-corrected chi connectivity index (χ0v) is 12.8. The van der Waals surface area contributed by atoms with Crippen molar-refractivity contribution in [2.75, 3.05) is 24.5 Å². The molecule has 0 spiro atoms. The van der Waals surface area contributed by atoms with E-state index in [1.165, 1.54) is 0 Å². The first kappa shape index (κ1) is 14.7. The standard InChI is InChI=1S/C16H21N5O/c1-2-20(13-6-4-3-5-7-13)16(22)15-12-21(19-18-15)14-8-10-17-11-9-14/h3-7,12,14,17H,2,8-11H2,1H3. The number of nitrogens with one attached hydrogen (secondary N) is 1. The fourth-order valence-corrected chi connectivity index (χ4v) is 2.81. The number of carbonyl (C=O) groups excluding carboxylic acids is 1. The van der Waals surface area contributed by atoms with E-state index in [9.17, 15) is 4.79 Å². The van der Waals surface area contributed by atoms with Crippen LogP contribution >= 0.6 is 0 Å². The summed E-state index contributed by atoms with van der Waals surface area (Å²) in [5.74, 6) is -0.103. The number of hydrogen-bond donors (Lipinski definition) is 1. The van der Waals surface area contributed by atoms with Gasteiger partial charge in [0.15, 0.2) is 5.69 Å². The number of aromatic nitrogens is 3. The minimum atomic E-state index is -0.103. The summed E-state index contributed by atoms with van der Waals surface area (Å²) in [5.41, 5.74) is 1.29. The molecule has 1 aliphatic heterocycles. The second-order valence-corrected chi connectivity index (χ2v) is 5.45. The van der Waals surface area contributed by atoms with Crippen LogP contribution in [0.3, 0.4) is 0 Å². The Morgan fingerprint density at radius 3 is 2.73 bits per heavy atom. The molecule has 6 nitrogen and oxygen atoms in total. The van der Waals surface area contributed by atoms with Crippen LogP contribution in [0.25, 0.3) is 0 Å². The first-order chi connectivity index (χ1) is 10.8. The Kier molecular flexibility index (Phi) is 4.48. The fourth-order valence-electron chi connectivity index (χ4n) is 2.81. The van der Waals surface area contributed by atoms with Gasteiger partial charge >= 0.3 is 0 Å². The molecule has 116 valence electrons. The van der Waals surface area contributed by atoms with Gasteiger partial charge in [0.05, 0.1) is 12.2 Å². The van der Waals surface area contributed by atoms with Crippen LogP contribution in [0.2, 0.25) is 0 Å². The van der Waals surface area contributed by atoms with Crippen LogP contribution < -0.4 is 10.2 Å². The van der Waals surface area contributed by atoms with Gasteiger partial charge in [0.1, 0.15) is 0 Å². The van der Waals surface area contributed by atoms with Crippen LogP contribution in [-0.2, 0) is 0 Å². The summed E-state index contributed by atoms with van der Waals surface area (Å²) in [6.45, 7) is 4.53. The topological polar surface area (TPSA) is 63.1 Å². The number of anilines is 1. The van der Waals surface area contributed by atoms with Crippen LogP contribution in [0, 0.1) is 0 Å². The SMILES string of the molecule is CCN(C(=O)c1cn(C2CCNCC2)nn1)c1ccccc1. The molecule has 1 aromatic heterocycles. The van der Waals surface area contributed by atoms with Crippen molar-refractivity contribution in [3.63, 3.8) is 0 Å². The molecule has 3 rings (SSSR count). The lowest BCUT2D eigenvalue weighted by Crippen LogP contribution is -2.31. The van der Waals surface area contributed by atoms with E-state index in [-0.39, 0.29) is 5.91 Å². The molecule has 6 heteroatoms. The maximum absolute atomic E-state index is 12.7. The Labute approximate surface area is 130 Å². The lowest BCUT2D eigenvalue weighted by atomic mass is 10.1. The monoisotopic (exact) mass is 299 g/mol. The number of nitrogens with zero attached hydrogens (tertiary/aromatic N) is 4. The predicted molar refractivity (Wildman–Crippen MR) is 85.0 cm³/mol. The first-order valence-corrected chi connectivity index (χ1v) is 7.79. The quantitative estimate of drug-likeness (QED) is 0.936. The summed E-state index contributed by atoms with van der Waals surface area (Å²) in [5, 5.41) is 11.6. The largest absolute Gasteiger partial charge is 0.317 e. The zero-order chi connectivity index (χ0) is 15.4. The van der Waals surface area contributed by atoms with Crippen LogP contribution in [0.5, 0.6) is 0 Å². The number of para-hydroxylation sites is 1. The maximum atomic E-state index is 12.7. The molecule has 0 saturated carbocycles.